The molecule has 0 aliphatic carbocycles. The van der Waals surface area contributed by atoms with Crippen LogP contribution < -0.4 is 10.2 Å². The van der Waals surface area contributed by atoms with Gasteiger partial charge < -0.3 is 10.2 Å². The number of halogens is 1. The van der Waals surface area contributed by atoms with Crippen LogP contribution in [-0.2, 0) is 16.0 Å². The van der Waals surface area contributed by atoms with Gasteiger partial charge in [0.15, 0.2) is 0 Å². The summed E-state index contributed by atoms with van der Waals surface area (Å²) in [4.78, 5) is 25.8. The second-order valence-electron chi connectivity index (χ2n) is 5.88. The van der Waals surface area contributed by atoms with E-state index >= 15 is 0 Å². The van der Waals surface area contributed by atoms with Gasteiger partial charge in [-0.15, -0.1) is 0 Å². The lowest BCUT2D eigenvalue weighted by Gasteiger charge is -2.27. The largest absolute Gasteiger partial charge is 0.326 e. The first-order chi connectivity index (χ1) is 11.6. The highest BCUT2D eigenvalue weighted by atomic mass is 35.5. The zero-order valence-corrected chi connectivity index (χ0v) is 14.1. The summed E-state index contributed by atoms with van der Waals surface area (Å²) in [5.41, 5.74) is 2.30. The van der Waals surface area contributed by atoms with Crippen LogP contribution in [0.5, 0.6) is 0 Å². The van der Waals surface area contributed by atoms with E-state index in [1.807, 2.05) is 30.3 Å². The number of carbonyl (C=O) groups excluding carboxylic acids is 2. The number of anilines is 2. The number of piperidine rings is 1. The molecule has 1 fully saturated rings. The molecule has 0 atom stereocenters. The van der Waals surface area contributed by atoms with Crippen molar-refractivity contribution in [3.8, 4) is 0 Å². The van der Waals surface area contributed by atoms with Crippen molar-refractivity contribution in [3.63, 3.8) is 0 Å². The summed E-state index contributed by atoms with van der Waals surface area (Å²) in [6.07, 6.45) is 2.79. The minimum absolute atomic E-state index is 0.0981. The van der Waals surface area contributed by atoms with Gasteiger partial charge in [0.05, 0.1) is 17.1 Å². The third kappa shape index (κ3) is 3.95. The van der Waals surface area contributed by atoms with Crippen molar-refractivity contribution in [2.24, 2.45) is 0 Å². The van der Waals surface area contributed by atoms with E-state index in [9.17, 15) is 9.59 Å². The molecule has 2 amide bonds. The second-order valence-corrected chi connectivity index (χ2v) is 6.29. The molecular weight excluding hydrogens is 324 g/mol. The molecule has 0 aromatic heterocycles. The highest BCUT2D eigenvalue weighted by molar-refractivity contribution is 6.34. The smallest absolute Gasteiger partial charge is 0.228 e. The first-order valence-corrected chi connectivity index (χ1v) is 8.45. The Balaban J connectivity index is 1.68. The van der Waals surface area contributed by atoms with Crippen molar-refractivity contribution in [1.82, 2.24) is 0 Å². The molecule has 1 N–H and O–H groups in total. The van der Waals surface area contributed by atoms with E-state index < -0.39 is 0 Å². The molecule has 124 valence electrons. The Morgan fingerprint density at radius 1 is 1.12 bits per heavy atom. The third-order valence-electron chi connectivity index (χ3n) is 4.05. The summed E-state index contributed by atoms with van der Waals surface area (Å²) < 4.78 is 0. The van der Waals surface area contributed by atoms with Gasteiger partial charge in [-0.25, -0.2) is 0 Å². The van der Waals surface area contributed by atoms with Crippen LogP contribution in [0.25, 0.3) is 0 Å². The Hall–Kier alpha value is -2.33. The van der Waals surface area contributed by atoms with E-state index in [0.717, 1.165) is 18.4 Å². The molecule has 0 unspecified atom stereocenters. The van der Waals surface area contributed by atoms with Gasteiger partial charge in [0.25, 0.3) is 0 Å². The molecule has 24 heavy (non-hydrogen) atoms. The number of rotatable bonds is 4. The van der Waals surface area contributed by atoms with Crippen LogP contribution >= 0.6 is 11.6 Å². The number of nitrogens with zero attached hydrogens (tertiary/aromatic N) is 1. The lowest BCUT2D eigenvalue weighted by Crippen LogP contribution is -2.35. The molecule has 1 aliphatic rings. The molecule has 1 heterocycles. The number of benzene rings is 2. The first kappa shape index (κ1) is 16.5. The quantitative estimate of drug-likeness (QED) is 0.911. The summed E-state index contributed by atoms with van der Waals surface area (Å²) >= 11 is 6.33. The van der Waals surface area contributed by atoms with Crippen LogP contribution in [0.15, 0.2) is 48.5 Å². The summed E-state index contributed by atoms with van der Waals surface area (Å²) in [5.74, 6) is 0.00285. The maximum Gasteiger partial charge on any atom is 0.228 e. The van der Waals surface area contributed by atoms with E-state index in [1.54, 1.807) is 23.1 Å². The molecule has 5 heteroatoms. The molecule has 1 saturated heterocycles. The van der Waals surface area contributed by atoms with E-state index in [2.05, 4.69) is 5.32 Å². The van der Waals surface area contributed by atoms with Crippen molar-refractivity contribution in [1.29, 1.82) is 0 Å². The molecule has 0 spiro atoms. The predicted molar refractivity (Wildman–Crippen MR) is 96.4 cm³/mol. The maximum absolute atomic E-state index is 12.1. The highest BCUT2D eigenvalue weighted by Crippen LogP contribution is 2.31. The Morgan fingerprint density at radius 3 is 2.62 bits per heavy atom. The molecule has 0 radical (unpaired) electrons. The Kier molecular flexibility index (Phi) is 5.16. The van der Waals surface area contributed by atoms with Gasteiger partial charge in [0.2, 0.25) is 11.8 Å². The fraction of sp³-hybridized carbons (Fsp3) is 0.263. The lowest BCUT2D eigenvalue weighted by atomic mass is 10.1. The minimum Gasteiger partial charge on any atom is -0.326 e. The van der Waals surface area contributed by atoms with Crippen LogP contribution in [0.2, 0.25) is 5.02 Å². The van der Waals surface area contributed by atoms with E-state index in [4.69, 9.17) is 11.6 Å². The molecule has 2 aromatic rings. The van der Waals surface area contributed by atoms with Crippen LogP contribution in [0.4, 0.5) is 11.4 Å². The normalized spacial score (nSPS) is 14.5. The third-order valence-corrected chi connectivity index (χ3v) is 4.36. The Morgan fingerprint density at radius 2 is 1.92 bits per heavy atom. The van der Waals surface area contributed by atoms with Crippen molar-refractivity contribution in [3.05, 3.63) is 59.1 Å². The minimum atomic E-state index is -0.0981. The first-order valence-electron chi connectivity index (χ1n) is 8.07. The van der Waals surface area contributed by atoms with Crippen molar-refractivity contribution >= 4 is 34.8 Å². The van der Waals surface area contributed by atoms with Gasteiger partial charge in [-0.1, -0.05) is 41.9 Å². The molecular formula is C19H19ClN2O2. The van der Waals surface area contributed by atoms with Crippen molar-refractivity contribution in [2.45, 2.75) is 25.7 Å². The van der Waals surface area contributed by atoms with Gasteiger partial charge in [-0.3, -0.25) is 9.59 Å². The number of hydrogen-bond acceptors (Lipinski definition) is 2. The zero-order chi connectivity index (χ0) is 16.9. The number of amides is 2. The van der Waals surface area contributed by atoms with Crippen LogP contribution in [-0.4, -0.2) is 18.4 Å². The fourth-order valence-electron chi connectivity index (χ4n) is 2.85. The average molecular weight is 343 g/mol. The van der Waals surface area contributed by atoms with Crippen molar-refractivity contribution in [2.75, 3.05) is 16.8 Å². The molecule has 1 aliphatic heterocycles. The number of hydrogen-bond donors (Lipinski definition) is 1. The molecule has 4 nitrogen and oxygen atoms in total. The van der Waals surface area contributed by atoms with Gasteiger partial charge in [0, 0.05) is 18.7 Å². The lowest BCUT2D eigenvalue weighted by molar-refractivity contribution is -0.119. The van der Waals surface area contributed by atoms with Crippen LogP contribution in [0.3, 0.4) is 0 Å². The SMILES string of the molecule is O=C(Cc1ccccc1)Nc1ccc(N2CCCCC2=O)c(Cl)c1. The van der Waals surface area contributed by atoms with Crippen LogP contribution in [0, 0.1) is 0 Å². The molecule has 2 aromatic carbocycles. The Bertz CT molecular complexity index is 746. The van der Waals surface area contributed by atoms with E-state index in [1.165, 1.54) is 0 Å². The van der Waals surface area contributed by atoms with E-state index in [-0.39, 0.29) is 11.8 Å². The number of nitrogens with one attached hydrogen (secondary N) is 1. The summed E-state index contributed by atoms with van der Waals surface area (Å²) in [6.45, 7) is 0.693. The fourth-order valence-corrected chi connectivity index (χ4v) is 3.13. The second kappa shape index (κ2) is 7.49. The van der Waals surface area contributed by atoms with Crippen molar-refractivity contribution < 1.29 is 9.59 Å². The predicted octanol–water partition coefficient (Wildman–Crippen LogP) is 4.04. The van der Waals surface area contributed by atoms with Gasteiger partial charge in [-0.2, -0.15) is 0 Å². The molecule has 3 rings (SSSR count). The van der Waals surface area contributed by atoms with E-state index in [0.29, 0.717) is 35.8 Å². The standard InChI is InChI=1S/C19H19ClN2O2/c20-16-13-15(21-18(23)12-14-6-2-1-3-7-14)9-10-17(16)22-11-5-4-8-19(22)24/h1-3,6-7,9-10,13H,4-5,8,11-12H2,(H,21,23). The summed E-state index contributed by atoms with van der Waals surface area (Å²) in [5, 5.41) is 3.32. The summed E-state index contributed by atoms with van der Waals surface area (Å²) in [7, 11) is 0. The average Bonchev–Trinajstić information content (AvgIpc) is 2.57. The highest BCUT2D eigenvalue weighted by Gasteiger charge is 2.21. The van der Waals surface area contributed by atoms with Gasteiger partial charge >= 0.3 is 0 Å². The topological polar surface area (TPSA) is 49.4 Å². The Labute approximate surface area is 146 Å². The zero-order valence-electron chi connectivity index (χ0n) is 13.3. The summed E-state index contributed by atoms with van der Waals surface area (Å²) in [6, 6.07) is 14.8. The number of carbonyl (C=O) groups is 2. The monoisotopic (exact) mass is 342 g/mol. The molecule has 0 bridgehead atoms. The van der Waals surface area contributed by atoms with Crippen LogP contribution in [0.1, 0.15) is 24.8 Å². The van der Waals surface area contributed by atoms with Gasteiger partial charge in [0.1, 0.15) is 0 Å². The molecule has 0 saturated carbocycles. The maximum atomic E-state index is 12.1. The van der Waals surface area contributed by atoms with Gasteiger partial charge in [-0.05, 0) is 36.6 Å².